The molecule has 4 nitrogen and oxygen atoms in total. The molecule has 1 saturated carbocycles. The van der Waals surface area contributed by atoms with Crippen LogP contribution in [0.5, 0.6) is 0 Å². The summed E-state index contributed by atoms with van der Waals surface area (Å²) in [6.45, 7) is 2.46. The van der Waals surface area contributed by atoms with E-state index in [9.17, 15) is 9.90 Å². The van der Waals surface area contributed by atoms with Gasteiger partial charge in [0, 0.05) is 18.9 Å². The highest BCUT2D eigenvalue weighted by molar-refractivity contribution is 6.33. The number of hydrogen-bond donors (Lipinski definition) is 2. The van der Waals surface area contributed by atoms with Crippen molar-refractivity contribution in [3.63, 3.8) is 0 Å². The number of carbonyl (C=O) groups excluding carboxylic acids is 1. The fourth-order valence-corrected chi connectivity index (χ4v) is 2.58. The molecule has 0 aromatic carbocycles. The van der Waals surface area contributed by atoms with Gasteiger partial charge in [-0.3, -0.25) is 9.78 Å². The van der Waals surface area contributed by atoms with Crippen LogP contribution >= 0.6 is 11.6 Å². The van der Waals surface area contributed by atoms with E-state index >= 15 is 0 Å². The lowest BCUT2D eigenvalue weighted by Gasteiger charge is -2.34. The Balaban J connectivity index is 1.92. The summed E-state index contributed by atoms with van der Waals surface area (Å²) in [5.41, 5.74) is -0.383. The number of pyridine rings is 1. The van der Waals surface area contributed by atoms with Crippen molar-refractivity contribution in [2.24, 2.45) is 5.92 Å². The number of nitrogens with zero attached hydrogens (tertiary/aromatic N) is 1. The van der Waals surface area contributed by atoms with Crippen LogP contribution in [0.1, 0.15) is 43.0 Å². The minimum atomic E-state index is -0.776. The molecular weight excluding hydrogens is 264 g/mol. The number of amides is 1. The number of rotatable bonds is 3. The first-order valence-corrected chi connectivity index (χ1v) is 6.98. The maximum absolute atomic E-state index is 12.0. The number of halogens is 1. The van der Waals surface area contributed by atoms with Crippen molar-refractivity contribution in [3.8, 4) is 0 Å². The smallest absolute Gasteiger partial charge is 0.253 e. The first-order chi connectivity index (χ1) is 9.00. The highest BCUT2D eigenvalue weighted by Gasteiger charge is 2.32. The van der Waals surface area contributed by atoms with Crippen molar-refractivity contribution in [1.82, 2.24) is 10.3 Å². The Labute approximate surface area is 118 Å². The molecule has 0 unspecified atom stereocenters. The molecule has 0 atom stereocenters. The van der Waals surface area contributed by atoms with Gasteiger partial charge in [-0.15, -0.1) is 0 Å². The average Bonchev–Trinajstić information content (AvgIpc) is 2.41. The van der Waals surface area contributed by atoms with E-state index in [1.807, 2.05) is 0 Å². The molecule has 1 heterocycles. The van der Waals surface area contributed by atoms with Crippen molar-refractivity contribution in [1.29, 1.82) is 0 Å². The Morgan fingerprint density at radius 3 is 2.89 bits per heavy atom. The van der Waals surface area contributed by atoms with Gasteiger partial charge in [0.25, 0.3) is 5.91 Å². The molecule has 104 valence electrons. The van der Waals surface area contributed by atoms with Gasteiger partial charge in [0.05, 0.1) is 16.2 Å². The third-order valence-electron chi connectivity index (χ3n) is 3.80. The summed E-state index contributed by atoms with van der Waals surface area (Å²) in [4.78, 5) is 15.8. The highest BCUT2D eigenvalue weighted by atomic mass is 35.5. The van der Waals surface area contributed by atoms with Crippen LogP contribution in [0.2, 0.25) is 5.02 Å². The molecule has 19 heavy (non-hydrogen) atoms. The molecule has 1 aromatic rings. The van der Waals surface area contributed by atoms with Gasteiger partial charge in [-0.05, 0) is 37.7 Å². The highest BCUT2D eigenvalue weighted by Crippen LogP contribution is 2.31. The number of aromatic nitrogens is 1. The largest absolute Gasteiger partial charge is 0.388 e. The second-order valence-electron chi connectivity index (χ2n) is 5.45. The molecule has 0 aliphatic heterocycles. The molecule has 1 aliphatic carbocycles. The summed E-state index contributed by atoms with van der Waals surface area (Å²) in [5.74, 6) is 0.394. The molecule has 0 saturated heterocycles. The number of aliphatic hydroxyl groups is 1. The average molecular weight is 283 g/mol. The van der Waals surface area contributed by atoms with Crippen LogP contribution in [-0.4, -0.2) is 28.1 Å². The first-order valence-electron chi connectivity index (χ1n) is 6.60. The Morgan fingerprint density at radius 2 is 2.26 bits per heavy atom. The summed E-state index contributed by atoms with van der Waals surface area (Å²) < 4.78 is 0. The van der Waals surface area contributed by atoms with E-state index in [0.717, 1.165) is 25.7 Å². The minimum absolute atomic E-state index is 0.264. The maximum Gasteiger partial charge on any atom is 0.253 e. The van der Waals surface area contributed by atoms with E-state index in [1.54, 1.807) is 6.07 Å². The molecular formula is C14H19ClN2O2. The summed E-state index contributed by atoms with van der Waals surface area (Å²) in [6.07, 6.45) is 6.44. The monoisotopic (exact) mass is 282 g/mol. The Hall–Kier alpha value is -1.13. The predicted octanol–water partition coefficient (Wildman–Crippen LogP) is 2.41. The van der Waals surface area contributed by atoms with E-state index < -0.39 is 5.60 Å². The van der Waals surface area contributed by atoms with Gasteiger partial charge in [0.15, 0.2) is 0 Å². The van der Waals surface area contributed by atoms with Crippen LogP contribution in [0.3, 0.4) is 0 Å². The molecule has 0 bridgehead atoms. The fraction of sp³-hybridized carbons (Fsp3) is 0.571. The van der Waals surface area contributed by atoms with Gasteiger partial charge in [-0.1, -0.05) is 18.5 Å². The van der Waals surface area contributed by atoms with E-state index in [-0.39, 0.29) is 12.5 Å². The van der Waals surface area contributed by atoms with Crippen molar-refractivity contribution in [3.05, 3.63) is 29.0 Å². The second-order valence-corrected chi connectivity index (χ2v) is 5.85. The maximum atomic E-state index is 12.0. The van der Waals surface area contributed by atoms with Crippen molar-refractivity contribution < 1.29 is 9.90 Å². The molecule has 1 fully saturated rings. The summed E-state index contributed by atoms with van der Waals surface area (Å²) >= 11 is 5.91. The number of hydrogen-bond acceptors (Lipinski definition) is 3. The van der Waals surface area contributed by atoms with Crippen molar-refractivity contribution in [2.75, 3.05) is 6.54 Å². The lowest BCUT2D eigenvalue weighted by atomic mass is 9.79. The van der Waals surface area contributed by atoms with Crippen LogP contribution < -0.4 is 5.32 Å². The van der Waals surface area contributed by atoms with E-state index in [2.05, 4.69) is 17.2 Å². The molecule has 1 aliphatic rings. The molecule has 1 aromatic heterocycles. The van der Waals surface area contributed by atoms with Crippen LogP contribution in [0, 0.1) is 5.92 Å². The van der Waals surface area contributed by atoms with Crippen LogP contribution in [0.4, 0.5) is 0 Å². The van der Waals surface area contributed by atoms with Crippen molar-refractivity contribution in [2.45, 2.75) is 38.2 Å². The Morgan fingerprint density at radius 1 is 1.58 bits per heavy atom. The molecule has 0 spiro atoms. The van der Waals surface area contributed by atoms with Crippen molar-refractivity contribution >= 4 is 17.5 Å². The Kier molecular flexibility index (Phi) is 4.42. The third kappa shape index (κ3) is 3.67. The quantitative estimate of drug-likeness (QED) is 0.895. The van der Waals surface area contributed by atoms with Gasteiger partial charge < -0.3 is 10.4 Å². The van der Waals surface area contributed by atoms with Crippen LogP contribution in [0.25, 0.3) is 0 Å². The third-order valence-corrected chi connectivity index (χ3v) is 4.10. The van der Waals surface area contributed by atoms with Gasteiger partial charge in [0.1, 0.15) is 0 Å². The first kappa shape index (κ1) is 14.3. The van der Waals surface area contributed by atoms with E-state index in [4.69, 9.17) is 11.6 Å². The second kappa shape index (κ2) is 5.88. The lowest BCUT2D eigenvalue weighted by Crippen LogP contribution is -2.45. The number of nitrogens with one attached hydrogen (secondary N) is 1. The summed E-state index contributed by atoms with van der Waals surface area (Å²) in [5, 5.41) is 13.5. The van der Waals surface area contributed by atoms with Crippen LogP contribution in [-0.2, 0) is 0 Å². The Bertz CT molecular complexity index is 457. The zero-order valence-corrected chi connectivity index (χ0v) is 11.8. The minimum Gasteiger partial charge on any atom is -0.388 e. The van der Waals surface area contributed by atoms with Gasteiger partial charge in [0.2, 0.25) is 0 Å². The molecule has 2 rings (SSSR count). The molecule has 1 amide bonds. The zero-order valence-electron chi connectivity index (χ0n) is 11.0. The summed E-state index contributed by atoms with van der Waals surface area (Å²) in [6, 6.07) is 1.57. The van der Waals surface area contributed by atoms with E-state index in [1.165, 1.54) is 12.4 Å². The fourth-order valence-electron chi connectivity index (χ4n) is 2.38. The molecule has 5 heteroatoms. The SMILES string of the molecule is CC1CCC(O)(CNC(=O)c2ccncc2Cl)CC1. The topological polar surface area (TPSA) is 62.2 Å². The van der Waals surface area contributed by atoms with Gasteiger partial charge in [-0.2, -0.15) is 0 Å². The molecule has 2 N–H and O–H groups in total. The lowest BCUT2D eigenvalue weighted by molar-refractivity contribution is -0.00539. The van der Waals surface area contributed by atoms with Gasteiger partial charge in [-0.25, -0.2) is 0 Å². The van der Waals surface area contributed by atoms with Crippen LogP contribution in [0.15, 0.2) is 18.5 Å². The van der Waals surface area contributed by atoms with Gasteiger partial charge >= 0.3 is 0 Å². The zero-order chi connectivity index (χ0) is 13.9. The number of carbonyl (C=O) groups is 1. The molecule has 0 radical (unpaired) electrons. The standard InChI is InChI=1S/C14H19ClN2O2/c1-10-2-5-14(19,6-3-10)9-17-13(18)11-4-7-16-8-12(11)15/h4,7-8,10,19H,2-3,5-6,9H2,1H3,(H,17,18). The van der Waals surface area contributed by atoms with E-state index in [0.29, 0.717) is 16.5 Å². The predicted molar refractivity (Wildman–Crippen MR) is 74.2 cm³/mol. The summed E-state index contributed by atoms with van der Waals surface area (Å²) in [7, 11) is 0. The normalized spacial score (nSPS) is 27.0.